The fourth-order valence-corrected chi connectivity index (χ4v) is 8.03. The van der Waals surface area contributed by atoms with Crippen molar-refractivity contribution >= 4 is 13.7 Å². The topological polar surface area (TPSA) is 108 Å². The third-order valence-electron chi connectivity index (χ3n) is 11.5. The molecule has 0 aliphatic rings. The molecule has 0 radical (unpaired) electrons. The molecule has 3 atom stereocenters. The summed E-state index contributed by atoms with van der Waals surface area (Å²) in [7, 11) is 1.22. The van der Waals surface area contributed by atoms with Crippen LogP contribution in [0.2, 0.25) is 0 Å². The van der Waals surface area contributed by atoms with Crippen LogP contribution < -0.4 is 10.2 Å². The standard InChI is InChI=1S/C58H103N2O6P/c1-6-8-10-12-14-16-18-20-22-24-26-28-29-30-31-32-34-36-38-40-42-44-46-48-50-52-58(62)59-56(55-66-67(63,64)65-54-53-60(3,4)5)57(61)51-49-47-45-43-41-39-37-35-33-27-25-23-21-19-17-15-13-11-9-7-2/h8,10,14,16,20,22,26,28,30-31,34,36,40,42,49,51,56-57,61H,6-7,9,11-13,15,17-19,21,23-25,27,29,32-33,35,37-39,41,43-48,50,52-55H2,1-5H3,(H-,59,62,63,64)/b10-8-,16-14-,22-20-,28-26-,31-30-,36-34-,42-40-,51-49+. The predicted octanol–water partition coefficient (Wildman–Crippen LogP) is 15.6. The number of carbonyl (C=O) groups excluding carboxylic acids is 1. The fraction of sp³-hybridized carbons (Fsp3) is 0.707. The molecule has 1 amide bonds. The van der Waals surface area contributed by atoms with E-state index in [1.165, 1.54) is 103 Å². The Balaban J connectivity index is 4.39. The summed E-state index contributed by atoms with van der Waals surface area (Å²) in [4.78, 5) is 25.5. The van der Waals surface area contributed by atoms with Gasteiger partial charge in [0, 0.05) is 6.42 Å². The Hall–Kier alpha value is -2.58. The van der Waals surface area contributed by atoms with E-state index in [0.29, 0.717) is 23.9 Å². The summed E-state index contributed by atoms with van der Waals surface area (Å²) < 4.78 is 23.3. The molecule has 0 bridgehead atoms. The molecule has 0 aliphatic heterocycles. The van der Waals surface area contributed by atoms with Gasteiger partial charge in [0.1, 0.15) is 13.2 Å². The molecule has 0 aromatic carbocycles. The van der Waals surface area contributed by atoms with Gasteiger partial charge in [-0.2, -0.15) is 0 Å². The van der Waals surface area contributed by atoms with Crippen LogP contribution in [-0.4, -0.2) is 68.5 Å². The Morgan fingerprint density at radius 3 is 1.33 bits per heavy atom. The van der Waals surface area contributed by atoms with E-state index >= 15 is 0 Å². The number of nitrogens with zero attached hydrogens (tertiary/aromatic N) is 1. The zero-order valence-corrected chi connectivity index (χ0v) is 44.7. The first-order chi connectivity index (χ1) is 32.5. The molecular weight excluding hydrogens is 852 g/mol. The SMILES string of the molecule is CC/C=C\C/C=C\C/C=C\C/C=C\C/C=C\C/C=C\C/C=C\CCCCCC(=O)NC(COP(=O)([O-])OCC[N+](C)(C)C)C(O)/C=C/CCCCCCCCCCCCCCCCCCCC. The number of quaternary nitrogens is 1. The largest absolute Gasteiger partial charge is 0.756 e. The molecule has 0 aromatic rings. The highest BCUT2D eigenvalue weighted by atomic mass is 31.2. The number of carbonyl (C=O) groups is 1. The third kappa shape index (κ3) is 51.1. The van der Waals surface area contributed by atoms with Gasteiger partial charge in [0.15, 0.2) is 0 Å². The van der Waals surface area contributed by atoms with Crippen LogP contribution in [0.5, 0.6) is 0 Å². The molecule has 0 aromatic heterocycles. The molecule has 0 saturated carbocycles. The lowest BCUT2D eigenvalue weighted by Crippen LogP contribution is -2.45. The maximum atomic E-state index is 12.9. The monoisotopic (exact) mass is 955 g/mol. The summed E-state index contributed by atoms with van der Waals surface area (Å²) >= 11 is 0. The molecular formula is C58H103N2O6P. The van der Waals surface area contributed by atoms with E-state index in [1.54, 1.807) is 6.08 Å². The van der Waals surface area contributed by atoms with Crippen molar-refractivity contribution in [2.75, 3.05) is 40.9 Å². The van der Waals surface area contributed by atoms with Crippen LogP contribution >= 0.6 is 7.82 Å². The van der Waals surface area contributed by atoms with E-state index in [4.69, 9.17) is 9.05 Å². The van der Waals surface area contributed by atoms with E-state index in [9.17, 15) is 19.4 Å². The van der Waals surface area contributed by atoms with E-state index in [0.717, 1.165) is 83.5 Å². The minimum absolute atomic E-state index is 0.0130. The van der Waals surface area contributed by atoms with Crippen molar-refractivity contribution < 1.29 is 32.9 Å². The van der Waals surface area contributed by atoms with Gasteiger partial charge in [-0.1, -0.05) is 227 Å². The summed E-state index contributed by atoms with van der Waals surface area (Å²) in [6.45, 7) is 4.51. The predicted molar refractivity (Wildman–Crippen MR) is 288 cm³/mol. The first-order valence-electron chi connectivity index (χ1n) is 27.1. The Labute approximate surface area is 413 Å². The number of nitrogens with one attached hydrogen (secondary N) is 1. The minimum atomic E-state index is -4.61. The van der Waals surface area contributed by atoms with Gasteiger partial charge in [-0.05, 0) is 77.0 Å². The van der Waals surface area contributed by atoms with Crippen molar-refractivity contribution in [2.24, 2.45) is 0 Å². The average Bonchev–Trinajstić information content (AvgIpc) is 3.29. The lowest BCUT2D eigenvalue weighted by atomic mass is 10.0. The number of hydrogen-bond acceptors (Lipinski definition) is 6. The molecule has 0 saturated heterocycles. The lowest BCUT2D eigenvalue weighted by Gasteiger charge is -2.29. The summed E-state index contributed by atoms with van der Waals surface area (Å²) in [5.74, 6) is -0.232. The second kappa shape index (κ2) is 48.4. The smallest absolute Gasteiger partial charge is 0.268 e. The molecule has 0 spiro atoms. The van der Waals surface area contributed by atoms with Crippen molar-refractivity contribution in [3.8, 4) is 0 Å². The van der Waals surface area contributed by atoms with Crippen LogP contribution in [0.3, 0.4) is 0 Å². The van der Waals surface area contributed by atoms with E-state index in [2.05, 4.69) is 104 Å². The fourth-order valence-electron chi connectivity index (χ4n) is 7.31. The van der Waals surface area contributed by atoms with Gasteiger partial charge < -0.3 is 28.8 Å². The van der Waals surface area contributed by atoms with E-state index < -0.39 is 26.6 Å². The summed E-state index contributed by atoms with van der Waals surface area (Å²) in [6, 6.07) is -0.912. The number of unbranched alkanes of at least 4 members (excludes halogenated alkanes) is 21. The number of rotatable bonds is 48. The maximum absolute atomic E-state index is 12.9. The number of amides is 1. The molecule has 0 rings (SSSR count). The van der Waals surface area contributed by atoms with Crippen molar-refractivity contribution in [1.29, 1.82) is 0 Å². The minimum Gasteiger partial charge on any atom is -0.756 e. The molecule has 2 N–H and O–H groups in total. The summed E-state index contributed by atoms with van der Waals surface area (Å²) in [5.41, 5.74) is 0. The van der Waals surface area contributed by atoms with Gasteiger partial charge in [0.25, 0.3) is 7.82 Å². The van der Waals surface area contributed by atoms with Crippen molar-refractivity contribution in [3.05, 3.63) is 97.2 Å². The lowest BCUT2D eigenvalue weighted by molar-refractivity contribution is -0.870. The molecule has 386 valence electrons. The summed E-state index contributed by atoms with van der Waals surface area (Å²) in [6.07, 6.45) is 69.0. The van der Waals surface area contributed by atoms with Gasteiger partial charge in [-0.15, -0.1) is 0 Å². The second-order valence-corrected chi connectivity index (χ2v) is 20.6. The first kappa shape index (κ1) is 64.4. The molecule has 67 heavy (non-hydrogen) atoms. The molecule has 9 heteroatoms. The molecule has 0 heterocycles. The Morgan fingerprint density at radius 1 is 0.537 bits per heavy atom. The summed E-state index contributed by atoms with van der Waals surface area (Å²) in [5, 5.41) is 13.8. The number of likely N-dealkylation sites (N-methyl/N-ethyl adjacent to an activating group) is 1. The Kier molecular flexibility index (Phi) is 46.6. The highest BCUT2D eigenvalue weighted by Crippen LogP contribution is 2.38. The third-order valence-corrected chi connectivity index (χ3v) is 12.5. The van der Waals surface area contributed by atoms with Crippen LogP contribution in [0.15, 0.2) is 97.2 Å². The van der Waals surface area contributed by atoms with Crippen LogP contribution in [-0.2, 0) is 18.4 Å². The highest BCUT2D eigenvalue weighted by Gasteiger charge is 2.23. The van der Waals surface area contributed by atoms with Gasteiger partial charge in [0.05, 0.1) is 39.9 Å². The second-order valence-electron chi connectivity index (χ2n) is 19.2. The van der Waals surface area contributed by atoms with Crippen LogP contribution in [0, 0.1) is 0 Å². The number of aliphatic hydroxyl groups is 1. The molecule has 0 fully saturated rings. The normalized spacial score (nSPS) is 14.8. The zero-order chi connectivity index (χ0) is 49.2. The van der Waals surface area contributed by atoms with Crippen molar-refractivity contribution in [1.82, 2.24) is 5.32 Å². The van der Waals surface area contributed by atoms with Crippen LogP contribution in [0.1, 0.15) is 213 Å². The van der Waals surface area contributed by atoms with Gasteiger partial charge >= 0.3 is 0 Å². The molecule has 8 nitrogen and oxygen atoms in total. The quantitative estimate of drug-likeness (QED) is 0.0272. The van der Waals surface area contributed by atoms with E-state index in [1.807, 2.05) is 27.2 Å². The Morgan fingerprint density at radius 2 is 0.910 bits per heavy atom. The average molecular weight is 955 g/mol. The van der Waals surface area contributed by atoms with Crippen molar-refractivity contribution in [2.45, 2.75) is 225 Å². The number of hydrogen-bond donors (Lipinski definition) is 2. The first-order valence-corrected chi connectivity index (χ1v) is 28.6. The van der Waals surface area contributed by atoms with Crippen molar-refractivity contribution in [3.63, 3.8) is 0 Å². The van der Waals surface area contributed by atoms with Gasteiger partial charge in [-0.25, -0.2) is 0 Å². The number of aliphatic hydroxyl groups excluding tert-OH is 1. The number of allylic oxidation sites excluding steroid dienone is 15. The Bertz CT molecular complexity index is 1410. The highest BCUT2D eigenvalue weighted by molar-refractivity contribution is 7.45. The molecule has 3 unspecified atom stereocenters. The van der Waals surface area contributed by atoms with Crippen LogP contribution in [0.4, 0.5) is 0 Å². The van der Waals surface area contributed by atoms with Crippen LogP contribution in [0.25, 0.3) is 0 Å². The number of phosphoric acid groups is 1. The molecule has 0 aliphatic carbocycles. The zero-order valence-electron chi connectivity index (χ0n) is 43.8. The van der Waals surface area contributed by atoms with E-state index in [-0.39, 0.29) is 12.5 Å². The van der Waals surface area contributed by atoms with Gasteiger partial charge in [-0.3, -0.25) is 9.36 Å². The van der Waals surface area contributed by atoms with Gasteiger partial charge in [0.2, 0.25) is 5.91 Å². The number of phosphoric ester groups is 1. The maximum Gasteiger partial charge on any atom is 0.268 e.